The van der Waals surface area contributed by atoms with E-state index in [-0.39, 0.29) is 5.91 Å². The highest BCUT2D eigenvalue weighted by atomic mass is 35.5. The van der Waals surface area contributed by atoms with Crippen LogP contribution in [0.5, 0.6) is 0 Å². The minimum atomic E-state index is -1.02. The third-order valence-electron chi connectivity index (χ3n) is 3.00. The Labute approximate surface area is 133 Å². The zero-order valence-corrected chi connectivity index (χ0v) is 12.6. The largest absolute Gasteiger partial charge is 0.478 e. The summed E-state index contributed by atoms with van der Waals surface area (Å²) in [6, 6.07) is 12.0. The van der Waals surface area contributed by atoms with E-state index in [1.165, 1.54) is 6.08 Å². The summed E-state index contributed by atoms with van der Waals surface area (Å²) in [5.74, 6) is -1.30. The summed E-state index contributed by atoms with van der Waals surface area (Å²) in [5, 5.41) is 11.9. The first kappa shape index (κ1) is 15.8. The molecule has 0 spiro atoms. The number of carboxylic acid groups (broad SMARTS) is 1. The molecule has 2 aromatic carbocycles. The van der Waals surface area contributed by atoms with Crippen LogP contribution < -0.4 is 5.32 Å². The molecule has 22 heavy (non-hydrogen) atoms. The van der Waals surface area contributed by atoms with Gasteiger partial charge in [-0.15, -0.1) is 0 Å². The average molecular weight is 316 g/mol. The second kappa shape index (κ2) is 6.91. The predicted octanol–water partition coefficient (Wildman–Crippen LogP) is 4.00. The quantitative estimate of drug-likeness (QED) is 0.838. The van der Waals surface area contributed by atoms with E-state index in [1.54, 1.807) is 42.5 Å². The maximum Gasteiger partial charge on any atom is 0.328 e. The molecule has 0 aromatic heterocycles. The molecule has 0 saturated heterocycles. The summed E-state index contributed by atoms with van der Waals surface area (Å²) < 4.78 is 0. The van der Waals surface area contributed by atoms with Crippen molar-refractivity contribution in [2.45, 2.75) is 6.92 Å². The fourth-order valence-electron chi connectivity index (χ4n) is 1.82. The van der Waals surface area contributed by atoms with E-state index >= 15 is 0 Å². The van der Waals surface area contributed by atoms with Crippen molar-refractivity contribution in [2.75, 3.05) is 5.32 Å². The lowest BCUT2D eigenvalue weighted by Crippen LogP contribution is -2.11. The number of carboxylic acids is 1. The Hall–Kier alpha value is -2.59. The molecule has 2 rings (SSSR count). The molecular weight excluding hydrogens is 302 g/mol. The number of halogens is 1. The molecule has 112 valence electrons. The minimum absolute atomic E-state index is 0.277. The maximum atomic E-state index is 12.2. The zero-order valence-electron chi connectivity index (χ0n) is 11.8. The molecule has 0 radical (unpaired) electrons. The van der Waals surface area contributed by atoms with E-state index in [1.807, 2.05) is 6.92 Å². The topological polar surface area (TPSA) is 66.4 Å². The Morgan fingerprint density at radius 2 is 1.95 bits per heavy atom. The Morgan fingerprint density at radius 1 is 1.18 bits per heavy atom. The first-order chi connectivity index (χ1) is 10.5. The number of nitrogens with one attached hydrogen (secondary N) is 1. The second-order valence-corrected chi connectivity index (χ2v) is 5.12. The number of carbonyl (C=O) groups excluding carboxylic acids is 1. The number of aliphatic carboxylic acids is 1. The van der Waals surface area contributed by atoms with Gasteiger partial charge in [-0.05, 0) is 48.4 Å². The Kier molecular flexibility index (Phi) is 4.96. The number of rotatable bonds is 4. The van der Waals surface area contributed by atoms with E-state index in [9.17, 15) is 9.59 Å². The molecule has 0 aliphatic carbocycles. The number of benzene rings is 2. The van der Waals surface area contributed by atoms with Crippen molar-refractivity contribution in [3.05, 3.63) is 70.3 Å². The highest BCUT2D eigenvalue weighted by Gasteiger charge is 2.08. The van der Waals surface area contributed by atoms with Gasteiger partial charge in [0.05, 0.1) is 0 Å². The van der Waals surface area contributed by atoms with E-state index in [4.69, 9.17) is 16.7 Å². The van der Waals surface area contributed by atoms with Crippen LogP contribution in [0.4, 0.5) is 5.69 Å². The number of hydrogen-bond donors (Lipinski definition) is 2. The smallest absolute Gasteiger partial charge is 0.328 e. The molecule has 0 aliphatic rings. The van der Waals surface area contributed by atoms with Crippen molar-refractivity contribution < 1.29 is 14.7 Å². The summed E-state index contributed by atoms with van der Waals surface area (Å²) >= 11 is 6.01. The van der Waals surface area contributed by atoms with Crippen LogP contribution in [-0.4, -0.2) is 17.0 Å². The molecule has 4 nitrogen and oxygen atoms in total. The Morgan fingerprint density at radius 3 is 2.64 bits per heavy atom. The molecular formula is C17H14ClNO3. The summed E-state index contributed by atoms with van der Waals surface area (Å²) in [6.07, 6.45) is 2.50. The molecule has 1 amide bonds. The molecule has 5 heteroatoms. The molecule has 0 saturated carbocycles. The van der Waals surface area contributed by atoms with Crippen molar-refractivity contribution in [1.29, 1.82) is 0 Å². The molecule has 0 fully saturated rings. The maximum absolute atomic E-state index is 12.2. The van der Waals surface area contributed by atoms with Gasteiger partial charge in [0.2, 0.25) is 0 Å². The Bertz CT molecular complexity index is 753. The molecule has 0 unspecified atom stereocenters. The lowest BCUT2D eigenvalue weighted by Gasteiger charge is -2.07. The van der Waals surface area contributed by atoms with Crippen molar-refractivity contribution in [3.8, 4) is 0 Å². The van der Waals surface area contributed by atoms with Gasteiger partial charge in [-0.25, -0.2) is 4.79 Å². The zero-order chi connectivity index (χ0) is 16.1. The van der Waals surface area contributed by atoms with Crippen LogP contribution in [0.25, 0.3) is 6.08 Å². The Balaban J connectivity index is 2.16. The van der Waals surface area contributed by atoms with Gasteiger partial charge >= 0.3 is 5.97 Å². The molecule has 0 aliphatic heterocycles. The van der Waals surface area contributed by atoms with Crippen LogP contribution in [0, 0.1) is 6.92 Å². The van der Waals surface area contributed by atoms with Gasteiger partial charge in [-0.3, -0.25) is 4.79 Å². The van der Waals surface area contributed by atoms with Crippen LogP contribution in [-0.2, 0) is 4.79 Å². The molecule has 0 atom stereocenters. The van der Waals surface area contributed by atoms with Crippen molar-refractivity contribution in [2.24, 2.45) is 0 Å². The van der Waals surface area contributed by atoms with Crippen LogP contribution in [0.2, 0.25) is 5.02 Å². The number of aryl methyl sites for hydroxylation is 1. The summed E-state index contributed by atoms with van der Waals surface area (Å²) in [5.41, 5.74) is 2.62. The van der Waals surface area contributed by atoms with Crippen molar-refractivity contribution in [3.63, 3.8) is 0 Å². The van der Waals surface area contributed by atoms with Gasteiger partial charge in [0, 0.05) is 22.3 Å². The fourth-order valence-corrected chi connectivity index (χ4v) is 2.01. The lowest BCUT2D eigenvalue weighted by atomic mass is 10.1. The average Bonchev–Trinajstić information content (AvgIpc) is 2.48. The van der Waals surface area contributed by atoms with Crippen molar-refractivity contribution >= 4 is 35.2 Å². The lowest BCUT2D eigenvalue weighted by molar-refractivity contribution is -0.131. The molecule has 2 aromatic rings. The SMILES string of the molecule is Cc1ccc(C(=O)Nc2cccc(/C=C/C(=O)O)c2)cc1Cl. The van der Waals surface area contributed by atoms with E-state index in [2.05, 4.69) is 5.32 Å². The third-order valence-corrected chi connectivity index (χ3v) is 3.40. The first-order valence-electron chi connectivity index (χ1n) is 6.54. The fraction of sp³-hybridized carbons (Fsp3) is 0.0588. The highest BCUT2D eigenvalue weighted by molar-refractivity contribution is 6.31. The number of amides is 1. The van der Waals surface area contributed by atoms with Gasteiger partial charge in [0.15, 0.2) is 0 Å². The standard InChI is InChI=1S/C17H14ClNO3/c1-11-5-7-13(10-15(11)18)17(22)19-14-4-2-3-12(9-14)6-8-16(20)21/h2-10H,1H3,(H,19,22)(H,20,21)/b8-6+. The predicted molar refractivity (Wildman–Crippen MR) is 87.3 cm³/mol. The van der Waals surface area contributed by atoms with Gasteiger partial charge < -0.3 is 10.4 Å². The van der Waals surface area contributed by atoms with Crippen LogP contribution in [0.3, 0.4) is 0 Å². The van der Waals surface area contributed by atoms with E-state index in [0.717, 1.165) is 11.6 Å². The highest BCUT2D eigenvalue weighted by Crippen LogP contribution is 2.18. The summed E-state index contributed by atoms with van der Waals surface area (Å²) in [6.45, 7) is 1.86. The van der Waals surface area contributed by atoms with Gasteiger partial charge in [-0.1, -0.05) is 29.8 Å². The summed E-state index contributed by atoms with van der Waals surface area (Å²) in [7, 11) is 0. The number of anilines is 1. The van der Waals surface area contributed by atoms with Crippen LogP contribution >= 0.6 is 11.6 Å². The second-order valence-electron chi connectivity index (χ2n) is 4.72. The molecule has 0 bridgehead atoms. The third kappa shape index (κ3) is 4.20. The number of carbonyl (C=O) groups is 2. The van der Waals surface area contributed by atoms with E-state index < -0.39 is 5.97 Å². The van der Waals surface area contributed by atoms with Gasteiger partial charge in [0.1, 0.15) is 0 Å². The van der Waals surface area contributed by atoms with Gasteiger partial charge in [0.25, 0.3) is 5.91 Å². The summed E-state index contributed by atoms with van der Waals surface area (Å²) in [4.78, 5) is 22.7. The van der Waals surface area contributed by atoms with Crippen LogP contribution in [0.1, 0.15) is 21.5 Å². The van der Waals surface area contributed by atoms with Gasteiger partial charge in [-0.2, -0.15) is 0 Å². The number of hydrogen-bond acceptors (Lipinski definition) is 2. The molecule has 0 heterocycles. The molecule has 2 N–H and O–H groups in total. The minimum Gasteiger partial charge on any atom is -0.478 e. The normalized spacial score (nSPS) is 10.6. The van der Waals surface area contributed by atoms with Crippen LogP contribution in [0.15, 0.2) is 48.5 Å². The monoisotopic (exact) mass is 315 g/mol. The van der Waals surface area contributed by atoms with E-state index in [0.29, 0.717) is 21.8 Å². The first-order valence-corrected chi connectivity index (χ1v) is 6.92. The van der Waals surface area contributed by atoms with Crippen molar-refractivity contribution in [1.82, 2.24) is 0 Å².